The van der Waals surface area contributed by atoms with Gasteiger partial charge in [0.25, 0.3) is 0 Å². The molecular weight excluding hydrogens is 452 g/mol. The van der Waals surface area contributed by atoms with Crippen LogP contribution < -0.4 is 4.90 Å². The summed E-state index contributed by atoms with van der Waals surface area (Å²) in [6.45, 7) is 9.82. The number of aliphatic imine (C=N–C) groups is 1. The molecule has 3 heterocycles. The number of aromatic nitrogens is 4. The topological polar surface area (TPSA) is 114 Å². The maximum Gasteiger partial charge on any atom is 0.373 e. The highest BCUT2D eigenvalue weighted by molar-refractivity contribution is 7.75. The van der Waals surface area contributed by atoms with Gasteiger partial charge < -0.3 is 9.08 Å². The van der Waals surface area contributed by atoms with E-state index in [4.69, 9.17) is 4.99 Å². The molecule has 3 aromatic rings. The first-order valence-corrected chi connectivity index (χ1v) is 11.1. The molecule has 10 nitrogen and oxygen atoms in total. The number of carbonyl (C=O) groups excluding carboxylic acids is 1. The molecule has 174 valence electrons. The fraction of sp³-hybridized carbons (Fsp3) is 0.304. The van der Waals surface area contributed by atoms with E-state index in [1.807, 2.05) is 38.1 Å². The fourth-order valence-corrected chi connectivity index (χ4v) is 3.94. The van der Waals surface area contributed by atoms with Crippen molar-refractivity contribution < 1.29 is 8.98 Å². The van der Waals surface area contributed by atoms with Gasteiger partial charge in [0.2, 0.25) is 0 Å². The minimum absolute atomic E-state index is 0.0527. The van der Waals surface area contributed by atoms with Crippen LogP contribution in [0.15, 0.2) is 34.4 Å². The first-order chi connectivity index (χ1) is 16.3. The van der Waals surface area contributed by atoms with Crippen molar-refractivity contribution in [3.8, 4) is 17.5 Å². The van der Waals surface area contributed by atoms with Crippen LogP contribution in [-0.2, 0) is 16.0 Å². The second-order valence-corrected chi connectivity index (χ2v) is 7.96. The van der Waals surface area contributed by atoms with Gasteiger partial charge in [-0.1, -0.05) is 0 Å². The summed E-state index contributed by atoms with van der Waals surface area (Å²) in [6.07, 6.45) is 0. The Kier molecular flexibility index (Phi) is 6.26. The number of thiol groups is 1. The molecule has 1 aromatic carbocycles. The van der Waals surface area contributed by atoms with Gasteiger partial charge in [-0.25, -0.2) is 19.4 Å². The van der Waals surface area contributed by atoms with Crippen LogP contribution in [0.1, 0.15) is 36.6 Å². The minimum Gasteiger partial charge on any atom is -0.390 e. The van der Waals surface area contributed by atoms with Crippen molar-refractivity contribution in [2.45, 2.75) is 27.7 Å². The number of imidazole rings is 1. The van der Waals surface area contributed by atoms with Gasteiger partial charge in [-0.05, 0) is 57.5 Å². The first kappa shape index (κ1) is 23.3. The molecule has 0 saturated carbocycles. The standard InChI is InChI=1S/C23H24N8O2S/c1-6-30(7-2)15-8-9-16(13(3)10-15)25-19-20(23(32)33-34)28-31-21(18(12-24)26-22(19)31)17-11-14(4)29(5)27-17/h8-11,34H,6-7H2,1-5H3. The summed E-state index contributed by atoms with van der Waals surface area (Å²) >= 11 is 3.66. The lowest BCUT2D eigenvalue weighted by Crippen LogP contribution is -2.23. The zero-order valence-corrected chi connectivity index (χ0v) is 20.5. The van der Waals surface area contributed by atoms with Crippen LogP contribution in [0.2, 0.25) is 0 Å². The lowest BCUT2D eigenvalue weighted by molar-refractivity contribution is -0.125. The number of carbonyl (C=O) groups is 1. The Labute approximate surface area is 202 Å². The Morgan fingerprint density at radius 2 is 2.00 bits per heavy atom. The summed E-state index contributed by atoms with van der Waals surface area (Å²) in [4.78, 5) is 23.9. The number of hydrogen-bond donors (Lipinski definition) is 1. The minimum atomic E-state index is -0.772. The van der Waals surface area contributed by atoms with E-state index in [0.29, 0.717) is 17.1 Å². The lowest BCUT2D eigenvalue weighted by Gasteiger charge is -2.21. The summed E-state index contributed by atoms with van der Waals surface area (Å²) in [5.41, 5.74) is 4.72. The van der Waals surface area contributed by atoms with Crippen molar-refractivity contribution in [3.05, 3.63) is 47.0 Å². The third-order valence-corrected chi connectivity index (χ3v) is 5.94. The molecule has 0 radical (unpaired) electrons. The Morgan fingerprint density at radius 1 is 1.26 bits per heavy atom. The van der Waals surface area contributed by atoms with E-state index < -0.39 is 5.97 Å². The summed E-state index contributed by atoms with van der Waals surface area (Å²) in [6, 6.07) is 9.84. The van der Waals surface area contributed by atoms with Gasteiger partial charge in [-0.2, -0.15) is 15.5 Å². The number of nitriles is 1. The van der Waals surface area contributed by atoms with Crippen LogP contribution >= 0.6 is 12.9 Å². The number of fused-ring (bicyclic) bond motifs is 1. The van der Waals surface area contributed by atoms with E-state index in [-0.39, 0.29) is 22.9 Å². The molecule has 0 N–H and O–H groups in total. The molecule has 4 rings (SSSR count). The molecule has 2 aromatic heterocycles. The van der Waals surface area contributed by atoms with Gasteiger partial charge in [0.15, 0.2) is 17.2 Å². The summed E-state index contributed by atoms with van der Waals surface area (Å²) < 4.78 is 7.75. The predicted octanol–water partition coefficient (Wildman–Crippen LogP) is 3.34. The maximum atomic E-state index is 12.5. The highest BCUT2D eigenvalue weighted by Crippen LogP contribution is 2.31. The van der Waals surface area contributed by atoms with Crippen LogP contribution in [0.5, 0.6) is 0 Å². The maximum absolute atomic E-state index is 12.5. The summed E-state index contributed by atoms with van der Waals surface area (Å²) in [5, 5.41) is 18.6. The van der Waals surface area contributed by atoms with Crippen molar-refractivity contribution in [2.24, 2.45) is 17.1 Å². The number of rotatable bonds is 6. The third-order valence-electron chi connectivity index (χ3n) is 5.77. The van der Waals surface area contributed by atoms with E-state index in [1.165, 1.54) is 4.68 Å². The van der Waals surface area contributed by atoms with E-state index in [1.54, 1.807) is 11.7 Å². The molecule has 0 fully saturated rings. The van der Waals surface area contributed by atoms with Crippen LogP contribution in [0.4, 0.5) is 11.4 Å². The van der Waals surface area contributed by atoms with Gasteiger partial charge in [0.05, 0.1) is 5.69 Å². The average molecular weight is 477 g/mol. The predicted molar refractivity (Wildman–Crippen MR) is 133 cm³/mol. The molecule has 0 atom stereocenters. The van der Waals surface area contributed by atoms with Crippen molar-refractivity contribution in [2.75, 3.05) is 18.0 Å². The highest BCUT2D eigenvalue weighted by atomic mass is 32.1. The number of aryl methyl sites for hydroxylation is 3. The second kappa shape index (κ2) is 9.15. The molecule has 0 bridgehead atoms. The van der Waals surface area contributed by atoms with Crippen LogP contribution in [0.25, 0.3) is 11.4 Å². The van der Waals surface area contributed by atoms with E-state index in [9.17, 15) is 10.1 Å². The van der Waals surface area contributed by atoms with Crippen LogP contribution in [0, 0.1) is 25.2 Å². The zero-order chi connectivity index (χ0) is 24.6. The Morgan fingerprint density at radius 3 is 2.56 bits per heavy atom. The lowest BCUT2D eigenvalue weighted by atomic mass is 10.1. The number of anilines is 1. The number of hydrogen-bond acceptors (Lipinski definition) is 9. The number of benzene rings is 1. The molecule has 1 aliphatic rings. The van der Waals surface area contributed by atoms with Gasteiger partial charge in [0, 0.05) is 44.4 Å². The Balaban J connectivity index is 1.89. The molecule has 0 spiro atoms. The Hall–Kier alpha value is -3.91. The fourth-order valence-electron chi connectivity index (χ4n) is 3.86. The second-order valence-electron chi connectivity index (χ2n) is 7.78. The normalized spacial score (nSPS) is 13.6. The van der Waals surface area contributed by atoms with Gasteiger partial charge in [-0.3, -0.25) is 4.68 Å². The first-order valence-electron chi connectivity index (χ1n) is 10.8. The van der Waals surface area contributed by atoms with Crippen molar-refractivity contribution in [3.63, 3.8) is 0 Å². The molecule has 11 heteroatoms. The van der Waals surface area contributed by atoms with Crippen molar-refractivity contribution >= 4 is 41.7 Å². The molecule has 34 heavy (non-hydrogen) atoms. The number of nitrogens with zero attached hydrogens (tertiary/aromatic N) is 8. The van der Waals surface area contributed by atoms with E-state index in [2.05, 4.69) is 57.1 Å². The van der Waals surface area contributed by atoms with E-state index >= 15 is 0 Å². The molecule has 0 aliphatic carbocycles. The molecule has 0 amide bonds. The van der Waals surface area contributed by atoms with Crippen LogP contribution in [0.3, 0.4) is 0 Å². The van der Waals surface area contributed by atoms with E-state index in [0.717, 1.165) is 30.0 Å². The molecule has 0 saturated heterocycles. The monoisotopic (exact) mass is 476 g/mol. The van der Waals surface area contributed by atoms with Crippen molar-refractivity contribution in [1.29, 1.82) is 5.26 Å². The molecule has 0 unspecified atom stereocenters. The SMILES string of the molecule is CCN(CC)c1ccc(N=C2C(C(=O)OS)=Nn3c2nc(C#N)c3-c2cc(C)n(C)n2)c(C)c1. The largest absolute Gasteiger partial charge is 0.390 e. The zero-order valence-electron chi connectivity index (χ0n) is 19.6. The van der Waals surface area contributed by atoms with Gasteiger partial charge in [-0.15, -0.1) is 0 Å². The average Bonchev–Trinajstić information content (AvgIpc) is 3.47. The summed E-state index contributed by atoms with van der Waals surface area (Å²) in [7, 11) is 1.80. The third kappa shape index (κ3) is 3.86. The van der Waals surface area contributed by atoms with Crippen LogP contribution in [-0.4, -0.2) is 49.9 Å². The molecular formula is C23H24N8O2S. The quantitative estimate of drug-likeness (QED) is 0.431. The summed E-state index contributed by atoms with van der Waals surface area (Å²) in [5.74, 6) is -0.512. The smallest absolute Gasteiger partial charge is 0.373 e. The van der Waals surface area contributed by atoms with Crippen molar-refractivity contribution in [1.82, 2.24) is 19.4 Å². The van der Waals surface area contributed by atoms with Gasteiger partial charge in [0.1, 0.15) is 23.2 Å². The molecule has 1 aliphatic heterocycles. The highest BCUT2D eigenvalue weighted by Gasteiger charge is 2.36. The van der Waals surface area contributed by atoms with Gasteiger partial charge >= 0.3 is 5.97 Å². The Bertz CT molecular complexity index is 1370.